The maximum atomic E-state index is 10.8. The Morgan fingerprint density at radius 2 is 1.74 bits per heavy atom. The Morgan fingerprint density at radius 1 is 1.09 bits per heavy atom. The highest BCUT2D eigenvalue weighted by atomic mass is 16.6. The average molecular weight is 314 g/mol. The molecule has 0 amide bonds. The van der Waals surface area contributed by atoms with E-state index in [9.17, 15) is 20.3 Å². The number of nitro groups is 1. The summed E-state index contributed by atoms with van der Waals surface area (Å²) in [6, 6.07) is 8.80. The molecule has 2 aromatic carbocycles. The summed E-state index contributed by atoms with van der Waals surface area (Å²) in [5.74, 6) is -0.120. The van der Waals surface area contributed by atoms with Gasteiger partial charge in [0.2, 0.25) is 0 Å². The largest absolute Gasteiger partial charge is 0.507 e. The lowest BCUT2D eigenvalue weighted by Crippen LogP contribution is -2.10. The molecule has 0 fully saturated rings. The Kier molecular flexibility index (Phi) is 4.36. The fourth-order valence-electron chi connectivity index (χ4n) is 1.99. The van der Waals surface area contributed by atoms with Crippen LogP contribution in [-0.4, -0.2) is 21.4 Å². The molecule has 0 heterocycles. The first-order valence-electron chi connectivity index (χ1n) is 7.03. The predicted molar refractivity (Wildman–Crippen MR) is 88.8 cm³/mol. The summed E-state index contributed by atoms with van der Waals surface area (Å²) in [6.45, 7) is 6.12. The molecular weight excluding hydrogens is 296 g/mol. The van der Waals surface area contributed by atoms with Crippen LogP contribution in [0.1, 0.15) is 31.9 Å². The number of benzene rings is 2. The van der Waals surface area contributed by atoms with E-state index in [4.69, 9.17) is 0 Å². The average Bonchev–Trinajstić information content (AvgIpc) is 2.46. The summed E-state index contributed by atoms with van der Waals surface area (Å²) in [5.41, 5.74) is 1.29. The van der Waals surface area contributed by atoms with Crippen molar-refractivity contribution in [3.63, 3.8) is 0 Å². The van der Waals surface area contributed by atoms with E-state index in [1.165, 1.54) is 24.4 Å². The van der Waals surface area contributed by atoms with Crippen LogP contribution < -0.4 is 0 Å². The van der Waals surface area contributed by atoms with Gasteiger partial charge < -0.3 is 10.2 Å². The first-order valence-corrected chi connectivity index (χ1v) is 7.03. The molecule has 0 unspecified atom stereocenters. The van der Waals surface area contributed by atoms with Crippen molar-refractivity contribution in [3.05, 3.63) is 57.6 Å². The van der Waals surface area contributed by atoms with Crippen LogP contribution in [-0.2, 0) is 5.41 Å². The second-order valence-electron chi connectivity index (χ2n) is 6.21. The van der Waals surface area contributed by atoms with Crippen molar-refractivity contribution in [2.24, 2.45) is 4.99 Å². The van der Waals surface area contributed by atoms with Gasteiger partial charge in [-0.25, -0.2) is 0 Å². The smallest absolute Gasteiger partial charge is 0.270 e. The zero-order valence-corrected chi connectivity index (χ0v) is 13.1. The number of rotatable bonds is 3. The third-order valence-electron chi connectivity index (χ3n) is 3.41. The van der Waals surface area contributed by atoms with Crippen LogP contribution in [0.2, 0.25) is 0 Å². The van der Waals surface area contributed by atoms with Crippen molar-refractivity contribution in [3.8, 4) is 11.5 Å². The SMILES string of the molecule is CC(C)(C)c1ccc(O)c(N=Cc2cc([N+](=O)[O-])ccc2O)c1. The van der Waals surface area contributed by atoms with Crippen LogP contribution in [0.15, 0.2) is 41.4 Å². The fourth-order valence-corrected chi connectivity index (χ4v) is 1.99. The highest BCUT2D eigenvalue weighted by molar-refractivity contribution is 5.86. The molecule has 0 aliphatic heterocycles. The number of aromatic hydroxyl groups is 2. The van der Waals surface area contributed by atoms with Gasteiger partial charge in [0, 0.05) is 23.9 Å². The maximum Gasteiger partial charge on any atom is 0.270 e. The molecule has 0 aliphatic rings. The highest BCUT2D eigenvalue weighted by Gasteiger charge is 2.15. The van der Waals surface area contributed by atoms with Crippen molar-refractivity contribution < 1.29 is 15.1 Å². The molecule has 120 valence electrons. The first-order chi connectivity index (χ1) is 10.7. The van der Waals surface area contributed by atoms with E-state index in [1.54, 1.807) is 12.1 Å². The zero-order valence-electron chi connectivity index (χ0n) is 13.1. The molecule has 2 rings (SSSR count). The summed E-state index contributed by atoms with van der Waals surface area (Å²) in [7, 11) is 0. The Balaban J connectivity index is 2.41. The van der Waals surface area contributed by atoms with E-state index >= 15 is 0 Å². The van der Waals surface area contributed by atoms with Gasteiger partial charge in [0.05, 0.1) is 4.92 Å². The number of non-ortho nitro benzene ring substituents is 1. The van der Waals surface area contributed by atoms with Crippen molar-refractivity contribution in [2.75, 3.05) is 0 Å². The van der Waals surface area contributed by atoms with Gasteiger partial charge in [0.15, 0.2) is 0 Å². The van der Waals surface area contributed by atoms with Gasteiger partial charge in [-0.3, -0.25) is 15.1 Å². The summed E-state index contributed by atoms with van der Waals surface area (Å²) in [6.07, 6.45) is 1.30. The van der Waals surface area contributed by atoms with Crippen molar-refractivity contribution in [1.82, 2.24) is 0 Å². The second-order valence-corrected chi connectivity index (χ2v) is 6.21. The molecule has 2 N–H and O–H groups in total. The van der Waals surface area contributed by atoms with Crippen molar-refractivity contribution >= 4 is 17.6 Å². The minimum atomic E-state index is -0.547. The Morgan fingerprint density at radius 3 is 2.35 bits per heavy atom. The lowest BCUT2D eigenvalue weighted by molar-refractivity contribution is -0.384. The quantitative estimate of drug-likeness (QED) is 0.507. The molecule has 0 aromatic heterocycles. The predicted octanol–water partition coefficient (Wildman–Crippen LogP) is 4.05. The summed E-state index contributed by atoms with van der Waals surface area (Å²) in [4.78, 5) is 14.4. The molecule has 0 radical (unpaired) electrons. The van der Waals surface area contributed by atoms with Crippen molar-refractivity contribution in [1.29, 1.82) is 0 Å². The molecule has 2 aromatic rings. The molecule has 23 heavy (non-hydrogen) atoms. The summed E-state index contributed by atoms with van der Waals surface area (Å²) in [5, 5.41) is 30.5. The summed E-state index contributed by atoms with van der Waals surface area (Å²) >= 11 is 0. The number of hydrogen-bond donors (Lipinski definition) is 2. The third kappa shape index (κ3) is 3.85. The second kappa shape index (κ2) is 6.08. The molecule has 0 aliphatic carbocycles. The van der Waals surface area contributed by atoms with E-state index in [0.29, 0.717) is 5.69 Å². The molecule has 0 atom stereocenters. The number of phenols is 2. The van der Waals surface area contributed by atoms with Crippen molar-refractivity contribution in [2.45, 2.75) is 26.2 Å². The fraction of sp³-hybridized carbons (Fsp3) is 0.235. The Labute approximate surface area is 133 Å². The molecule has 6 heteroatoms. The molecule has 0 bridgehead atoms. The Bertz CT molecular complexity index is 777. The number of phenolic OH excluding ortho intramolecular Hbond substituents is 2. The van der Waals surface area contributed by atoms with Crippen LogP contribution in [0.4, 0.5) is 11.4 Å². The lowest BCUT2D eigenvalue weighted by Gasteiger charge is -2.19. The number of nitrogens with zero attached hydrogens (tertiary/aromatic N) is 2. The number of hydrogen-bond acceptors (Lipinski definition) is 5. The zero-order chi connectivity index (χ0) is 17.2. The van der Waals surface area contributed by atoms with E-state index < -0.39 is 4.92 Å². The minimum absolute atomic E-state index is 0.000768. The topological polar surface area (TPSA) is 96.0 Å². The van der Waals surface area contributed by atoms with E-state index in [0.717, 1.165) is 5.56 Å². The van der Waals surface area contributed by atoms with Gasteiger partial charge in [-0.05, 0) is 29.2 Å². The molecule has 0 spiro atoms. The van der Waals surface area contributed by atoms with E-state index in [2.05, 4.69) is 4.99 Å². The van der Waals surface area contributed by atoms with Gasteiger partial charge in [-0.15, -0.1) is 0 Å². The monoisotopic (exact) mass is 314 g/mol. The molecule has 0 saturated heterocycles. The summed E-state index contributed by atoms with van der Waals surface area (Å²) < 4.78 is 0. The van der Waals surface area contributed by atoms with Gasteiger partial charge in [0.1, 0.15) is 17.2 Å². The maximum absolute atomic E-state index is 10.8. The van der Waals surface area contributed by atoms with Gasteiger partial charge >= 0.3 is 0 Å². The van der Waals surface area contributed by atoms with Crippen LogP contribution in [0, 0.1) is 10.1 Å². The highest BCUT2D eigenvalue weighted by Crippen LogP contribution is 2.33. The Hall–Kier alpha value is -2.89. The van der Waals surface area contributed by atoms with E-state index in [1.807, 2.05) is 26.8 Å². The van der Waals surface area contributed by atoms with Crippen LogP contribution >= 0.6 is 0 Å². The molecule has 6 nitrogen and oxygen atoms in total. The minimum Gasteiger partial charge on any atom is -0.507 e. The lowest BCUT2D eigenvalue weighted by atomic mass is 9.87. The van der Waals surface area contributed by atoms with E-state index in [-0.39, 0.29) is 28.2 Å². The van der Waals surface area contributed by atoms with Crippen LogP contribution in [0.25, 0.3) is 0 Å². The molecule has 0 saturated carbocycles. The number of aliphatic imine (C=N–C) groups is 1. The van der Waals surface area contributed by atoms with Crippen LogP contribution in [0.5, 0.6) is 11.5 Å². The van der Waals surface area contributed by atoms with Gasteiger partial charge in [-0.2, -0.15) is 0 Å². The number of nitro benzene ring substituents is 1. The van der Waals surface area contributed by atoms with Crippen LogP contribution in [0.3, 0.4) is 0 Å². The molecular formula is C17H18N2O4. The normalized spacial score (nSPS) is 11.8. The standard InChI is InChI=1S/C17H18N2O4/c1-17(2,3)12-4-6-16(21)14(9-12)18-10-11-8-13(19(22)23)5-7-15(11)20/h4-10,20-21H,1-3H3. The van der Waals surface area contributed by atoms with Gasteiger partial charge in [-0.1, -0.05) is 26.8 Å². The van der Waals surface area contributed by atoms with Gasteiger partial charge in [0.25, 0.3) is 5.69 Å². The first kappa shape index (κ1) is 16.5. The third-order valence-corrected chi connectivity index (χ3v) is 3.41.